The number of thiazole rings is 1. The number of halogens is 3. The Morgan fingerprint density at radius 3 is 2.52 bits per heavy atom. The van der Waals surface area contributed by atoms with E-state index in [4.69, 9.17) is 14.5 Å². The molecule has 1 N–H and O–H groups in total. The van der Waals surface area contributed by atoms with Gasteiger partial charge >= 0.3 is 0 Å². The number of hydrogen-bond acceptors (Lipinski definition) is 6. The molecule has 0 aliphatic carbocycles. The Morgan fingerprint density at radius 1 is 1.02 bits per heavy atom. The predicted octanol–water partition coefficient (Wildman–Crippen LogP) is 7.59. The van der Waals surface area contributed by atoms with Crippen LogP contribution in [0.5, 0.6) is 11.5 Å². The molecule has 46 heavy (non-hydrogen) atoms. The molecule has 0 spiro atoms. The van der Waals surface area contributed by atoms with Gasteiger partial charge in [0.2, 0.25) is 0 Å². The lowest BCUT2D eigenvalue weighted by atomic mass is 9.95. The lowest BCUT2D eigenvalue weighted by Gasteiger charge is -2.25. The number of anilines is 1. The van der Waals surface area contributed by atoms with E-state index in [0.29, 0.717) is 44.4 Å². The molecule has 6 rings (SSSR count). The van der Waals surface area contributed by atoms with Gasteiger partial charge in [0.1, 0.15) is 18.1 Å². The number of carbonyl (C=O) groups is 1. The molecule has 1 aromatic heterocycles. The van der Waals surface area contributed by atoms with Crippen LogP contribution in [0.1, 0.15) is 29.7 Å². The Kier molecular flexibility index (Phi) is 9.92. The molecular weight excluding hydrogens is 845 g/mol. The van der Waals surface area contributed by atoms with Crippen LogP contribution >= 0.6 is 65.8 Å². The average molecular weight is 871 g/mol. The predicted molar refractivity (Wildman–Crippen MR) is 197 cm³/mol. The Bertz CT molecular complexity index is 2160. The quantitative estimate of drug-likeness (QED) is 0.163. The monoisotopic (exact) mass is 869 g/mol. The van der Waals surface area contributed by atoms with Gasteiger partial charge < -0.3 is 14.8 Å². The number of fused-ring (bicyclic) bond motifs is 1. The number of hydrogen-bond donors (Lipinski definition) is 1. The summed E-state index contributed by atoms with van der Waals surface area (Å²) in [6, 6.07) is 27.8. The van der Waals surface area contributed by atoms with Crippen LogP contribution in [0.15, 0.2) is 121 Å². The zero-order chi connectivity index (χ0) is 32.4. The molecule has 11 heteroatoms. The normalized spacial score (nSPS) is 14.5. The van der Waals surface area contributed by atoms with Crippen molar-refractivity contribution in [2.75, 3.05) is 12.4 Å². The second-order valence-corrected chi connectivity index (χ2v) is 14.4. The number of allylic oxidation sites excluding steroid dienone is 1. The molecule has 1 amide bonds. The van der Waals surface area contributed by atoms with E-state index in [2.05, 4.69) is 59.8 Å². The fourth-order valence-corrected chi connectivity index (χ4v) is 8.18. The fourth-order valence-electron chi connectivity index (χ4n) is 5.18. The highest BCUT2D eigenvalue weighted by Gasteiger charge is 2.33. The summed E-state index contributed by atoms with van der Waals surface area (Å²) in [4.78, 5) is 33.5. The Labute approximate surface area is 299 Å². The molecule has 0 radical (unpaired) electrons. The molecule has 0 bridgehead atoms. The standard InChI is InChI=1S/C35H26Br2IN3O4S/c1-20-30(33(42)40-26-8-4-3-5-9-26)31(22-7-6-10-27(16-22)44-2)41-34(43)29(46-35(41)39-20)17-23-15-25(37)18-28(38)32(23)45-19-21-11-13-24(36)14-12-21/h3-18,31H,19H2,1-2H3,(H,40,42)/b29-17-/t31-/m1/s1. The molecule has 232 valence electrons. The van der Waals surface area contributed by atoms with Gasteiger partial charge in [0.05, 0.1) is 32.5 Å². The number of methoxy groups -OCH3 is 1. The summed E-state index contributed by atoms with van der Waals surface area (Å²) in [6.07, 6.45) is 1.83. The van der Waals surface area contributed by atoms with Crippen molar-refractivity contribution in [3.05, 3.63) is 151 Å². The third-order valence-electron chi connectivity index (χ3n) is 7.33. The molecule has 5 aromatic rings. The van der Waals surface area contributed by atoms with Gasteiger partial charge in [-0.15, -0.1) is 0 Å². The minimum Gasteiger partial charge on any atom is -0.497 e. The summed E-state index contributed by atoms with van der Waals surface area (Å²) < 4.78 is 16.6. The van der Waals surface area contributed by atoms with Crippen molar-refractivity contribution in [1.29, 1.82) is 0 Å². The van der Waals surface area contributed by atoms with Crippen LogP contribution in [0.3, 0.4) is 0 Å². The summed E-state index contributed by atoms with van der Waals surface area (Å²) in [5.41, 5.74) is 3.79. The van der Waals surface area contributed by atoms with Crippen LogP contribution in [0.25, 0.3) is 6.08 Å². The zero-order valence-electron chi connectivity index (χ0n) is 24.6. The van der Waals surface area contributed by atoms with Crippen molar-refractivity contribution in [1.82, 2.24) is 4.57 Å². The van der Waals surface area contributed by atoms with Crippen LogP contribution < -0.4 is 29.7 Å². The average Bonchev–Trinajstić information content (AvgIpc) is 3.34. The molecule has 1 aliphatic rings. The largest absolute Gasteiger partial charge is 0.497 e. The molecular formula is C35H26Br2IN3O4S. The molecule has 1 atom stereocenters. The SMILES string of the molecule is COc1cccc([C@@H]2C(C(=O)Nc3ccccc3)=C(C)N=c3s/c(=C\c4cc(Br)cc(I)c4OCc4ccc(Br)cc4)c(=O)n32)c1. The number of nitrogens with one attached hydrogen (secondary N) is 1. The van der Waals surface area contributed by atoms with Crippen molar-refractivity contribution < 1.29 is 14.3 Å². The highest BCUT2D eigenvalue weighted by molar-refractivity contribution is 14.1. The van der Waals surface area contributed by atoms with E-state index < -0.39 is 6.04 Å². The minimum atomic E-state index is -0.729. The van der Waals surface area contributed by atoms with Gasteiger partial charge in [0.25, 0.3) is 11.5 Å². The molecule has 0 saturated carbocycles. The van der Waals surface area contributed by atoms with E-state index in [1.54, 1.807) is 18.6 Å². The molecule has 7 nitrogen and oxygen atoms in total. The first-order valence-corrected chi connectivity index (χ1v) is 17.6. The first-order chi connectivity index (χ1) is 22.2. The summed E-state index contributed by atoms with van der Waals surface area (Å²) in [6.45, 7) is 2.16. The smallest absolute Gasteiger partial charge is 0.271 e. The maximum atomic E-state index is 14.3. The molecule has 0 saturated heterocycles. The van der Waals surface area contributed by atoms with Gasteiger partial charge in [-0.3, -0.25) is 14.2 Å². The van der Waals surface area contributed by atoms with E-state index in [0.717, 1.165) is 29.2 Å². The second-order valence-electron chi connectivity index (χ2n) is 10.4. The summed E-state index contributed by atoms with van der Waals surface area (Å²) in [5.74, 6) is 0.953. The van der Waals surface area contributed by atoms with E-state index in [9.17, 15) is 9.59 Å². The number of benzene rings is 4. The zero-order valence-corrected chi connectivity index (χ0v) is 30.7. The highest BCUT2D eigenvalue weighted by Crippen LogP contribution is 2.34. The van der Waals surface area contributed by atoms with Crippen molar-refractivity contribution in [2.45, 2.75) is 19.6 Å². The van der Waals surface area contributed by atoms with Gasteiger partial charge in [-0.1, -0.05) is 85.7 Å². The molecule has 4 aromatic carbocycles. The number of amides is 1. The minimum absolute atomic E-state index is 0.261. The third-order valence-corrected chi connectivity index (χ3v) is 10.1. The number of para-hydroxylation sites is 1. The topological polar surface area (TPSA) is 81.9 Å². The van der Waals surface area contributed by atoms with E-state index in [1.165, 1.54) is 11.3 Å². The van der Waals surface area contributed by atoms with Crippen molar-refractivity contribution >= 4 is 83.5 Å². The van der Waals surface area contributed by atoms with Crippen molar-refractivity contribution in [3.8, 4) is 11.5 Å². The number of carbonyl (C=O) groups excluding carboxylic acids is 1. The van der Waals surface area contributed by atoms with Crippen molar-refractivity contribution in [2.24, 2.45) is 4.99 Å². The van der Waals surface area contributed by atoms with Crippen LogP contribution in [0.2, 0.25) is 0 Å². The third kappa shape index (κ3) is 6.92. The molecule has 2 heterocycles. The van der Waals surface area contributed by atoms with Crippen LogP contribution in [0, 0.1) is 3.57 Å². The van der Waals surface area contributed by atoms with Gasteiger partial charge in [0.15, 0.2) is 4.80 Å². The number of rotatable bonds is 8. The van der Waals surface area contributed by atoms with Crippen LogP contribution in [-0.2, 0) is 11.4 Å². The van der Waals surface area contributed by atoms with Gasteiger partial charge in [-0.2, -0.15) is 0 Å². The van der Waals surface area contributed by atoms with Gasteiger partial charge in [0, 0.05) is 20.2 Å². The number of nitrogens with zero attached hydrogens (tertiary/aromatic N) is 2. The maximum Gasteiger partial charge on any atom is 0.271 e. The highest BCUT2D eigenvalue weighted by atomic mass is 127. The van der Waals surface area contributed by atoms with Crippen molar-refractivity contribution in [3.63, 3.8) is 0 Å². The second kappa shape index (κ2) is 14.1. The lowest BCUT2D eigenvalue weighted by molar-refractivity contribution is -0.113. The lowest BCUT2D eigenvalue weighted by Crippen LogP contribution is -2.40. The summed E-state index contributed by atoms with van der Waals surface area (Å²) in [5, 5.41) is 2.98. The summed E-state index contributed by atoms with van der Waals surface area (Å²) in [7, 11) is 1.59. The van der Waals surface area contributed by atoms with Gasteiger partial charge in [-0.25, -0.2) is 4.99 Å². The van der Waals surface area contributed by atoms with E-state index in [1.807, 2.05) is 97.1 Å². The van der Waals surface area contributed by atoms with Crippen LogP contribution in [-0.4, -0.2) is 17.6 Å². The molecule has 0 unspecified atom stereocenters. The number of ether oxygens (including phenoxy) is 2. The van der Waals surface area contributed by atoms with E-state index >= 15 is 0 Å². The first-order valence-electron chi connectivity index (χ1n) is 14.1. The first kappa shape index (κ1) is 32.4. The Balaban J connectivity index is 1.47. The fraction of sp³-hybridized carbons (Fsp3) is 0.114. The maximum absolute atomic E-state index is 14.3. The summed E-state index contributed by atoms with van der Waals surface area (Å²) >= 11 is 10.6. The molecule has 1 aliphatic heterocycles. The van der Waals surface area contributed by atoms with E-state index in [-0.39, 0.29) is 11.5 Å². The Hall–Kier alpha value is -3.52. The van der Waals surface area contributed by atoms with Gasteiger partial charge in [-0.05, 0) is 95.2 Å². The number of aromatic nitrogens is 1. The van der Waals surface area contributed by atoms with Crippen LogP contribution in [0.4, 0.5) is 5.69 Å². The molecule has 0 fully saturated rings. The Morgan fingerprint density at radius 2 is 1.78 bits per heavy atom.